The molecule has 0 atom stereocenters. The molecule has 0 aromatic heterocycles. The van der Waals surface area contributed by atoms with Crippen molar-refractivity contribution in [2.75, 3.05) is 26.7 Å². The number of likely N-dealkylation sites (tertiary alicyclic amines) is 1. The smallest absolute Gasteiger partial charge is 0.191 e. The van der Waals surface area contributed by atoms with Gasteiger partial charge in [0.25, 0.3) is 0 Å². The molecule has 0 amide bonds. The number of aryl methyl sites for hydroxylation is 1. The molecule has 162 valence electrons. The minimum atomic E-state index is 0.236. The van der Waals surface area contributed by atoms with E-state index in [0.717, 1.165) is 56.3 Å². The second-order valence-electron chi connectivity index (χ2n) is 7.87. The summed E-state index contributed by atoms with van der Waals surface area (Å²) < 4.78 is 5.25. The van der Waals surface area contributed by atoms with Gasteiger partial charge in [0.1, 0.15) is 11.5 Å². The van der Waals surface area contributed by atoms with Crippen LogP contribution in [0.3, 0.4) is 0 Å². The van der Waals surface area contributed by atoms with E-state index in [9.17, 15) is 5.11 Å². The molecule has 1 aliphatic rings. The Kier molecular flexibility index (Phi) is 7.97. The fourth-order valence-electron chi connectivity index (χ4n) is 3.80. The zero-order valence-electron chi connectivity index (χ0n) is 18.3. The molecule has 1 heterocycles. The standard InChI is InChI=1S/C24H34N4O2/c1-4-25-24(26-16-20-15-22(30-3)8-9-23(20)29)27-21-10-12-28(13-11-21)17-19-7-5-6-18(2)14-19/h5-9,14-15,21,29H,4,10-13,16-17H2,1-3H3,(H2,25,26,27). The minimum absolute atomic E-state index is 0.236. The molecule has 3 N–H and O–H groups in total. The number of hydrogen-bond donors (Lipinski definition) is 3. The quantitative estimate of drug-likeness (QED) is 0.482. The van der Waals surface area contributed by atoms with E-state index in [1.54, 1.807) is 19.2 Å². The lowest BCUT2D eigenvalue weighted by atomic mass is 10.0. The second-order valence-corrected chi connectivity index (χ2v) is 7.87. The molecule has 0 unspecified atom stereocenters. The Morgan fingerprint density at radius 2 is 2.00 bits per heavy atom. The summed E-state index contributed by atoms with van der Waals surface area (Å²) in [6, 6.07) is 14.4. The van der Waals surface area contributed by atoms with E-state index in [2.05, 4.69) is 58.6 Å². The fourth-order valence-corrected chi connectivity index (χ4v) is 3.80. The highest BCUT2D eigenvalue weighted by atomic mass is 16.5. The van der Waals surface area contributed by atoms with E-state index in [4.69, 9.17) is 4.74 Å². The minimum Gasteiger partial charge on any atom is -0.508 e. The molecule has 3 rings (SSSR count). The van der Waals surface area contributed by atoms with E-state index in [0.29, 0.717) is 12.6 Å². The highest BCUT2D eigenvalue weighted by molar-refractivity contribution is 5.80. The molecule has 6 heteroatoms. The van der Waals surface area contributed by atoms with Crippen LogP contribution in [0.1, 0.15) is 36.5 Å². The maximum absolute atomic E-state index is 10.1. The van der Waals surface area contributed by atoms with Gasteiger partial charge in [-0.1, -0.05) is 29.8 Å². The van der Waals surface area contributed by atoms with Gasteiger partial charge in [0, 0.05) is 37.8 Å². The van der Waals surface area contributed by atoms with Crippen molar-refractivity contribution in [1.82, 2.24) is 15.5 Å². The van der Waals surface area contributed by atoms with Gasteiger partial charge < -0.3 is 20.5 Å². The van der Waals surface area contributed by atoms with Crippen molar-refractivity contribution < 1.29 is 9.84 Å². The molecule has 0 bridgehead atoms. The van der Waals surface area contributed by atoms with Crippen LogP contribution in [0.15, 0.2) is 47.5 Å². The first-order chi connectivity index (χ1) is 14.6. The number of hydrogen-bond acceptors (Lipinski definition) is 4. The summed E-state index contributed by atoms with van der Waals surface area (Å²) >= 11 is 0. The zero-order valence-corrected chi connectivity index (χ0v) is 18.3. The van der Waals surface area contributed by atoms with Crippen LogP contribution in [-0.4, -0.2) is 48.8 Å². The SMILES string of the molecule is CCNC(=NCc1cc(OC)ccc1O)NC1CCN(Cc2cccc(C)c2)CC1. The number of guanidine groups is 1. The Morgan fingerprint density at radius 1 is 1.20 bits per heavy atom. The lowest BCUT2D eigenvalue weighted by Crippen LogP contribution is -2.48. The van der Waals surface area contributed by atoms with E-state index in [-0.39, 0.29) is 5.75 Å². The Labute approximate surface area is 180 Å². The van der Waals surface area contributed by atoms with Gasteiger partial charge in [-0.05, 0) is 50.5 Å². The van der Waals surface area contributed by atoms with Crippen molar-refractivity contribution in [3.63, 3.8) is 0 Å². The Hall–Kier alpha value is -2.73. The molecule has 0 spiro atoms. The number of nitrogens with one attached hydrogen (secondary N) is 2. The number of aromatic hydroxyl groups is 1. The molecule has 2 aromatic carbocycles. The van der Waals surface area contributed by atoms with Crippen LogP contribution in [0.5, 0.6) is 11.5 Å². The highest BCUT2D eigenvalue weighted by Gasteiger charge is 2.20. The van der Waals surface area contributed by atoms with Crippen LogP contribution in [-0.2, 0) is 13.1 Å². The van der Waals surface area contributed by atoms with Gasteiger partial charge in [-0.15, -0.1) is 0 Å². The lowest BCUT2D eigenvalue weighted by molar-refractivity contribution is 0.198. The monoisotopic (exact) mass is 410 g/mol. The van der Waals surface area contributed by atoms with Gasteiger partial charge in [-0.25, -0.2) is 4.99 Å². The number of phenols is 1. The largest absolute Gasteiger partial charge is 0.508 e. The van der Waals surface area contributed by atoms with Gasteiger partial charge >= 0.3 is 0 Å². The summed E-state index contributed by atoms with van der Waals surface area (Å²) in [6.45, 7) is 8.55. The van der Waals surface area contributed by atoms with Gasteiger partial charge in [0.15, 0.2) is 5.96 Å². The molecular formula is C24H34N4O2. The van der Waals surface area contributed by atoms with Gasteiger partial charge in [-0.3, -0.25) is 4.90 Å². The summed E-state index contributed by atoms with van der Waals surface area (Å²) in [5.41, 5.74) is 3.45. The Morgan fingerprint density at radius 3 is 2.70 bits per heavy atom. The molecule has 0 radical (unpaired) electrons. The molecule has 30 heavy (non-hydrogen) atoms. The first kappa shape index (κ1) is 22.0. The third-order valence-electron chi connectivity index (χ3n) is 5.46. The van der Waals surface area contributed by atoms with Crippen LogP contribution < -0.4 is 15.4 Å². The van der Waals surface area contributed by atoms with Crippen LogP contribution in [0, 0.1) is 6.92 Å². The van der Waals surface area contributed by atoms with Crippen molar-refractivity contribution in [2.45, 2.75) is 45.8 Å². The fraction of sp³-hybridized carbons (Fsp3) is 0.458. The summed E-state index contributed by atoms with van der Waals surface area (Å²) in [5.74, 6) is 1.74. The van der Waals surface area contributed by atoms with Crippen LogP contribution >= 0.6 is 0 Å². The maximum atomic E-state index is 10.1. The predicted molar refractivity (Wildman–Crippen MR) is 122 cm³/mol. The first-order valence-corrected chi connectivity index (χ1v) is 10.8. The van der Waals surface area contributed by atoms with E-state index in [1.807, 2.05) is 6.07 Å². The molecule has 0 saturated carbocycles. The van der Waals surface area contributed by atoms with Gasteiger partial charge in [0.05, 0.1) is 13.7 Å². The molecule has 1 aliphatic heterocycles. The van der Waals surface area contributed by atoms with Crippen molar-refractivity contribution in [1.29, 1.82) is 0 Å². The van der Waals surface area contributed by atoms with Crippen LogP contribution in [0.25, 0.3) is 0 Å². The second kappa shape index (κ2) is 10.9. The zero-order chi connectivity index (χ0) is 21.3. The molecular weight excluding hydrogens is 376 g/mol. The third kappa shape index (κ3) is 6.39. The van der Waals surface area contributed by atoms with E-state index >= 15 is 0 Å². The Bertz CT molecular complexity index is 845. The molecule has 6 nitrogen and oxygen atoms in total. The van der Waals surface area contributed by atoms with Crippen LogP contribution in [0.2, 0.25) is 0 Å². The van der Waals surface area contributed by atoms with E-state index < -0.39 is 0 Å². The number of aliphatic imine (C=N–C) groups is 1. The van der Waals surface area contributed by atoms with Gasteiger partial charge in [0.2, 0.25) is 0 Å². The number of ether oxygens (including phenoxy) is 1. The normalized spacial score (nSPS) is 15.8. The number of phenolic OH excluding ortho intramolecular Hbond substituents is 1. The lowest BCUT2D eigenvalue weighted by Gasteiger charge is -2.33. The summed E-state index contributed by atoms with van der Waals surface area (Å²) in [5, 5.41) is 17.0. The first-order valence-electron chi connectivity index (χ1n) is 10.8. The van der Waals surface area contributed by atoms with Crippen molar-refractivity contribution in [3.05, 3.63) is 59.2 Å². The average molecular weight is 411 g/mol. The molecule has 1 saturated heterocycles. The topological polar surface area (TPSA) is 69.1 Å². The van der Waals surface area contributed by atoms with E-state index in [1.165, 1.54) is 11.1 Å². The highest BCUT2D eigenvalue weighted by Crippen LogP contribution is 2.23. The number of methoxy groups -OCH3 is 1. The number of rotatable bonds is 7. The summed E-state index contributed by atoms with van der Waals surface area (Å²) in [6.07, 6.45) is 2.17. The Balaban J connectivity index is 1.54. The summed E-state index contributed by atoms with van der Waals surface area (Å²) in [4.78, 5) is 7.19. The van der Waals surface area contributed by atoms with Crippen molar-refractivity contribution in [3.8, 4) is 11.5 Å². The number of piperidine rings is 1. The van der Waals surface area contributed by atoms with Gasteiger partial charge in [-0.2, -0.15) is 0 Å². The maximum Gasteiger partial charge on any atom is 0.191 e. The molecule has 1 fully saturated rings. The number of nitrogens with zero attached hydrogens (tertiary/aromatic N) is 2. The van der Waals surface area contributed by atoms with Crippen LogP contribution in [0.4, 0.5) is 0 Å². The summed E-state index contributed by atoms with van der Waals surface area (Å²) in [7, 11) is 1.62. The molecule has 2 aromatic rings. The van der Waals surface area contributed by atoms with Crippen molar-refractivity contribution >= 4 is 5.96 Å². The molecule has 0 aliphatic carbocycles. The predicted octanol–water partition coefficient (Wildman–Crippen LogP) is 3.43. The van der Waals surface area contributed by atoms with Crippen molar-refractivity contribution in [2.24, 2.45) is 4.99 Å². The number of benzene rings is 2. The third-order valence-corrected chi connectivity index (χ3v) is 5.46. The average Bonchev–Trinajstić information content (AvgIpc) is 2.74.